The lowest BCUT2D eigenvalue weighted by molar-refractivity contribution is -0.172. The van der Waals surface area contributed by atoms with Gasteiger partial charge < -0.3 is 84.2 Å². The van der Waals surface area contributed by atoms with Crippen LogP contribution in [0.15, 0.2) is 65.5 Å². The Hall–Kier alpha value is -8.39. The number of hydrogen-bond donors (Lipinski definition) is 7. The van der Waals surface area contributed by atoms with Crippen molar-refractivity contribution in [3.63, 3.8) is 0 Å². The predicted octanol–water partition coefficient (Wildman–Crippen LogP) is -0.463. The van der Waals surface area contributed by atoms with Crippen LogP contribution in [0, 0.1) is 0 Å². The quantitative estimate of drug-likeness (QED) is 0.0148. The fourth-order valence-corrected chi connectivity index (χ4v) is 10.8. The summed E-state index contributed by atoms with van der Waals surface area (Å²) in [4.78, 5) is 133. The molecule has 502 valence electrons. The van der Waals surface area contributed by atoms with E-state index in [4.69, 9.17) is 47.6 Å². The maximum Gasteiger partial charge on any atom is 0.343 e. The van der Waals surface area contributed by atoms with E-state index in [1.165, 1.54) is 12.2 Å². The van der Waals surface area contributed by atoms with Crippen LogP contribution < -0.4 is 37.5 Å². The molecule has 0 bridgehead atoms. The number of aliphatic hydroxyl groups is 1. The van der Waals surface area contributed by atoms with E-state index in [0.717, 1.165) is 39.0 Å². The molecule has 0 fully saturated rings. The Morgan fingerprint density at radius 2 is 1.17 bits per heavy atom. The van der Waals surface area contributed by atoms with Crippen LogP contribution in [0.25, 0.3) is 22.3 Å². The third kappa shape index (κ3) is 20.3. The first-order valence-corrected chi connectivity index (χ1v) is 31.2. The van der Waals surface area contributed by atoms with Crippen LogP contribution in [0.2, 0.25) is 0 Å². The van der Waals surface area contributed by atoms with Gasteiger partial charge in [0.2, 0.25) is 35.4 Å². The number of carbonyl (C=O) groups excluding carboxylic acids is 9. The number of hydrogen-bond acceptors (Lipinski definition) is 21. The number of aromatic nitrogens is 2. The van der Waals surface area contributed by atoms with E-state index in [9.17, 15) is 53.1 Å². The van der Waals surface area contributed by atoms with Gasteiger partial charge in [-0.3, -0.25) is 48.1 Å². The van der Waals surface area contributed by atoms with Crippen molar-refractivity contribution in [1.82, 2.24) is 41.0 Å². The van der Waals surface area contributed by atoms with Crippen LogP contribution in [-0.2, 0) is 124 Å². The zero-order chi connectivity index (χ0) is 66.0. The fourth-order valence-electron chi connectivity index (χ4n) is 10.8. The second kappa shape index (κ2) is 36.2. The summed E-state index contributed by atoms with van der Waals surface area (Å²) in [7, 11) is 0. The topological polar surface area (TPSA) is 367 Å². The molecule has 0 saturated heterocycles. The minimum atomic E-state index is -1.95. The van der Waals surface area contributed by atoms with Gasteiger partial charge in [0.05, 0.1) is 154 Å². The van der Waals surface area contributed by atoms with E-state index in [-0.39, 0.29) is 87.8 Å². The van der Waals surface area contributed by atoms with Crippen molar-refractivity contribution in [2.45, 2.75) is 76.7 Å². The molecule has 2 aromatic carbocycles. The number of amides is 8. The lowest BCUT2D eigenvalue weighted by Crippen LogP contribution is -2.52. The number of anilines is 1. The maximum atomic E-state index is 13.8. The smallest absolute Gasteiger partial charge is 0.343 e. The van der Waals surface area contributed by atoms with Gasteiger partial charge >= 0.3 is 5.97 Å². The number of imide groups is 1. The Morgan fingerprint density at radius 1 is 0.613 bits per heavy atom. The van der Waals surface area contributed by atoms with Crippen molar-refractivity contribution in [2.75, 3.05) is 144 Å². The standard InChI is InChI=1S/C64H81N9O20/c1-2-64(84)47-36-51-60-45(40-73(51)62(82)46(47)41-93-63(64)83)43-9-6-10-44-48(11-12-49(71-60)59(43)44)69-56(78)39-68-61(81)50(35-42-7-4-3-5-8-42)70-55(77)38-67-54(76)37-66-53(75)16-19-85-21-23-87-25-27-89-29-31-91-33-34-92-32-30-90-28-26-88-24-22-86-20-17-65-52(74)15-18-72-57(79)13-14-58(72)80/h3-5,7-8,11-14,36,50,84H,2,6,9-10,15-35,37-41H2,1H3,(H,65,74)(H,66,75)(H,67,76)(H,68,81)(H,69,78)(H,70,77)/t50-,64-/m0/s1. The lowest BCUT2D eigenvalue weighted by Gasteiger charge is -2.31. The Labute approximate surface area is 536 Å². The number of aryl methyl sites for hydroxylation is 2. The van der Waals surface area contributed by atoms with E-state index >= 15 is 0 Å². The van der Waals surface area contributed by atoms with Crippen molar-refractivity contribution < 1.29 is 90.9 Å². The molecule has 0 spiro atoms. The second-order valence-corrected chi connectivity index (χ2v) is 21.9. The summed E-state index contributed by atoms with van der Waals surface area (Å²) >= 11 is 0. The van der Waals surface area contributed by atoms with Gasteiger partial charge in [0, 0.05) is 66.7 Å². The maximum absolute atomic E-state index is 13.8. The van der Waals surface area contributed by atoms with Gasteiger partial charge in [-0.15, -0.1) is 0 Å². The SMILES string of the molecule is CC[C@@]1(O)C(=O)OCc2c1cc1n(c2=O)Cc2c-1nc1ccc(NC(=O)CNC(=O)[C@H](Cc3ccccc3)NC(=O)CNC(=O)CNC(=O)CCOCCOCCOCCOCCOCCOCCOCCOCCNC(=O)CCN3C(=O)C=CC3=O)c3c1c2CCC3. The molecule has 93 heavy (non-hydrogen) atoms. The normalized spacial score (nSPS) is 15.5. The van der Waals surface area contributed by atoms with Gasteiger partial charge in [-0.05, 0) is 60.6 Å². The number of cyclic esters (lactones) is 1. The Bertz CT molecular complexity index is 3380. The molecule has 7 N–H and O–H groups in total. The zero-order valence-electron chi connectivity index (χ0n) is 52.1. The number of ether oxygens (including phenoxy) is 9. The Morgan fingerprint density at radius 3 is 1.80 bits per heavy atom. The van der Waals surface area contributed by atoms with Crippen LogP contribution in [0.4, 0.5) is 5.69 Å². The van der Waals surface area contributed by atoms with Crippen molar-refractivity contribution in [2.24, 2.45) is 0 Å². The molecule has 2 aromatic heterocycles. The van der Waals surface area contributed by atoms with E-state index in [0.29, 0.717) is 128 Å². The number of fused-ring (bicyclic) bond motifs is 5. The van der Waals surface area contributed by atoms with Crippen molar-refractivity contribution in [3.8, 4) is 11.4 Å². The largest absolute Gasteiger partial charge is 0.458 e. The summed E-state index contributed by atoms with van der Waals surface area (Å²) in [5.74, 6) is -4.83. The molecule has 4 aliphatic rings. The number of nitrogens with one attached hydrogen (secondary N) is 6. The lowest BCUT2D eigenvalue weighted by atomic mass is 9.85. The summed E-state index contributed by atoms with van der Waals surface area (Å²) in [5, 5.41) is 28.0. The molecule has 29 nitrogen and oxygen atoms in total. The third-order valence-corrected chi connectivity index (χ3v) is 15.6. The number of esters is 1. The molecule has 29 heteroatoms. The van der Waals surface area contributed by atoms with Gasteiger partial charge in [-0.2, -0.15) is 0 Å². The zero-order valence-corrected chi connectivity index (χ0v) is 52.1. The highest BCUT2D eigenvalue weighted by molar-refractivity contribution is 6.13. The molecule has 0 saturated carbocycles. The van der Waals surface area contributed by atoms with E-state index in [2.05, 4.69) is 31.9 Å². The van der Waals surface area contributed by atoms with E-state index in [1.54, 1.807) is 54.0 Å². The summed E-state index contributed by atoms with van der Waals surface area (Å²) in [6.45, 7) is 6.08. The first kappa shape index (κ1) is 70.5. The number of pyridine rings is 2. The highest BCUT2D eigenvalue weighted by atomic mass is 16.6. The minimum Gasteiger partial charge on any atom is -0.458 e. The highest BCUT2D eigenvalue weighted by Gasteiger charge is 2.46. The van der Waals surface area contributed by atoms with Crippen LogP contribution in [0.3, 0.4) is 0 Å². The number of carbonyl (C=O) groups is 9. The number of benzene rings is 2. The molecule has 4 aromatic rings. The summed E-state index contributed by atoms with van der Waals surface area (Å²) in [5.41, 5.74) is 3.90. The predicted molar refractivity (Wildman–Crippen MR) is 331 cm³/mol. The molecule has 8 amide bonds. The Kier molecular flexibility index (Phi) is 27.4. The molecule has 0 unspecified atom stereocenters. The average Bonchev–Trinajstić information content (AvgIpc) is 1.62. The number of nitrogens with zero attached hydrogens (tertiary/aromatic N) is 3. The van der Waals surface area contributed by atoms with Crippen LogP contribution in [-0.4, -0.2) is 217 Å². The third-order valence-electron chi connectivity index (χ3n) is 15.6. The van der Waals surface area contributed by atoms with Crippen molar-refractivity contribution >= 4 is 69.8 Å². The first-order chi connectivity index (χ1) is 45.1. The van der Waals surface area contributed by atoms with Crippen molar-refractivity contribution in [3.05, 3.63) is 104 Å². The van der Waals surface area contributed by atoms with Gasteiger partial charge in [0.15, 0.2) is 5.60 Å². The molecular formula is C64H81N9O20. The fraction of sp³-hybridized carbons (Fsp3) is 0.516. The second-order valence-electron chi connectivity index (χ2n) is 21.9. The first-order valence-electron chi connectivity index (χ1n) is 31.2. The van der Waals surface area contributed by atoms with Gasteiger partial charge in [-0.25, -0.2) is 9.78 Å². The minimum absolute atomic E-state index is 0.0233. The molecule has 1 aliphatic carbocycles. The monoisotopic (exact) mass is 1300 g/mol. The summed E-state index contributed by atoms with van der Waals surface area (Å²) in [6.07, 6.45) is 4.54. The number of rotatable bonds is 42. The highest BCUT2D eigenvalue weighted by Crippen LogP contribution is 2.43. The van der Waals surface area contributed by atoms with E-state index in [1.807, 2.05) is 6.07 Å². The molecule has 8 rings (SSSR count). The average molecular weight is 1300 g/mol. The molecular weight excluding hydrogens is 1210 g/mol. The van der Waals surface area contributed by atoms with E-state index < -0.39 is 78.6 Å². The van der Waals surface area contributed by atoms with Crippen LogP contribution >= 0.6 is 0 Å². The van der Waals surface area contributed by atoms with Gasteiger partial charge in [0.25, 0.3) is 17.4 Å². The molecule has 5 heterocycles. The van der Waals surface area contributed by atoms with Crippen LogP contribution in [0.1, 0.15) is 66.0 Å². The van der Waals surface area contributed by atoms with Crippen molar-refractivity contribution in [1.29, 1.82) is 0 Å². The van der Waals surface area contributed by atoms with Gasteiger partial charge in [-0.1, -0.05) is 37.3 Å². The molecule has 2 atom stereocenters. The molecule has 0 radical (unpaired) electrons. The molecule has 3 aliphatic heterocycles. The summed E-state index contributed by atoms with van der Waals surface area (Å²) in [6, 6.07) is 13.0. The van der Waals surface area contributed by atoms with Gasteiger partial charge in [0.1, 0.15) is 12.6 Å². The summed E-state index contributed by atoms with van der Waals surface area (Å²) < 4.78 is 50.6. The Balaban J connectivity index is 0.617. The van der Waals surface area contributed by atoms with Crippen LogP contribution in [0.5, 0.6) is 0 Å².